The zero-order chi connectivity index (χ0) is 28.6. The van der Waals surface area contributed by atoms with Crippen LogP contribution in [-0.2, 0) is 10.2 Å². The number of aromatic nitrogens is 3. The lowest BCUT2D eigenvalue weighted by Crippen LogP contribution is -2.44. The molecule has 0 fully saturated rings. The van der Waals surface area contributed by atoms with Gasteiger partial charge in [-0.15, -0.1) is 11.3 Å². The Morgan fingerprint density at radius 3 is 2.70 bits per heavy atom. The summed E-state index contributed by atoms with van der Waals surface area (Å²) in [6.45, 7) is 5.32. The Morgan fingerprint density at radius 2 is 1.98 bits per heavy atom. The Balaban J connectivity index is 1.55. The Hall–Kier alpha value is -4.16. The fraction of sp³-hybridized carbons (Fsp3) is 0.357. The van der Waals surface area contributed by atoms with Gasteiger partial charge in [0, 0.05) is 25.5 Å². The number of anilines is 5. The summed E-state index contributed by atoms with van der Waals surface area (Å²) in [7, 11) is 7.00. The number of likely N-dealkylation sites (N-methyl/N-ethyl adjacent to an activating group) is 1. The van der Waals surface area contributed by atoms with Crippen molar-refractivity contribution in [3.63, 3.8) is 0 Å². The van der Waals surface area contributed by atoms with Gasteiger partial charge in [0.1, 0.15) is 22.1 Å². The Morgan fingerprint density at radius 1 is 1.18 bits per heavy atom. The van der Waals surface area contributed by atoms with Gasteiger partial charge in [-0.2, -0.15) is 9.97 Å². The van der Waals surface area contributed by atoms with E-state index in [1.54, 1.807) is 20.4 Å². The predicted molar refractivity (Wildman–Crippen MR) is 160 cm³/mol. The molecule has 3 aromatic heterocycles. The van der Waals surface area contributed by atoms with Gasteiger partial charge in [0.05, 0.1) is 30.4 Å². The minimum atomic E-state index is -0.176. The van der Waals surface area contributed by atoms with Crippen LogP contribution < -0.4 is 25.6 Å². The minimum absolute atomic E-state index is 0.0380. The van der Waals surface area contributed by atoms with E-state index in [0.29, 0.717) is 52.5 Å². The number of methoxy groups -OCH3 is 1. The number of thiophene rings is 1. The summed E-state index contributed by atoms with van der Waals surface area (Å²) >= 11 is 1.35. The maximum absolute atomic E-state index is 13.2. The van der Waals surface area contributed by atoms with Crippen LogP contribution in [0.4, 0.5) is 28.8 Å². The highest BCUT2D eigenvalue weighted by molar-refractivity contribution is 7.12. The number of H-pyrrole nitrogens is 1. The number of benzene rings is 1. The molecule has 40 heavy (non-hydrogen) atoms. The van der Waals surface area contributed by atoms with Gasteiger partial charge in [0.25, 0.3) is 5.91 Å². The van der Waals surface area contributed by atoms with E-state index in [0.717, 1.165) is 23.1 Å². The molecule has 0 radical (unpaired) electrons. The lowest BCUT2D eigenvalue weighted by Gasteiger charge is -2.40. The van der Waals surface area contributed by atoms with Crippen LogP contribution >= 0.6 is 11.3 Å². The van der Waals surface area contributed by atoms with Crippen molar-refractivity contribution in [2.75, 3.05) is 56.9 Å². The first-order valence-corrected chi connectivity index (χ1v) is 13.9. The molecule has 4 aromatic rings. The van der Waals surface area contributed by atoms with Crippen molar-refractivity contribution in [1.29, 1.82) is 0 Å². The number of aromatic amines is 1. The van der Waals surface area contributed by atoms with Crippen molar-refractivity contribution >= 4 is 63.0 Å². The molecule has 1 aliphatic rings. The van der Waals surface area contributed by atoms with E-state index in [9.17, 15) is 9.59 Å². The fourth-order valence-corrected chi connectivity index (χ4v) is 5.69. The Kier molecular flexibility index (Phi) is 7.39. The summed E-state index contributed by atoms with van der Waals surface area (Å²) in [5.41, 5.74) is 3.68. The molecule has 12 heteroatoms. The van der Waals surface area contributed by atoms with Crippen LogP contribution in [0.2, 0.25) is 0 Å². The second-order valence-corrected chi connectivity index (χ2v) is 11.5. The van der Waals surface area contributed by atoms with E-state index in [2.05, 4.69) is 39.8 Å². The van der Waals surface area contributed by atoms with Crippen molar-refractivity contribution < 1.29 is 14.3 Å². The second kappa shape index (κ2) is 10.8. The highest BCUT2D eigenvalue weighted by atomic mass is 32.1. The number of hydrogen-bond acceptors (Lipinski definition) is 9. The smallest absolute Gasteiger partial charge is 0.263 e. The molecule has 0 saturated carbocycles. The normalized spacial score (nSPS) is 14.2. The highest BCUT2D eigenvalue weighted by Crippen LogP contribution is 2.45. The van der Waals surface area contributed by atoms with Crippen molar-refractivity contribution in [3.8, 4) is 5.75 Å². The summed E-state index contributed by atoms with van der Waals surface area (Å²) in [6.07, 6.45) is 2.63. The maximum Gasteiger partial charge on any atom is 0.263 e. The molecular weight excluding hydrogens is 528 g/mol. The molecule has 4 heterocycles. The standard InChI is InChI=1S/C28H34N8O3S/c1-28(2)9-11-36(22(37)15-35(4)5)20-14-19(21(39-6)13-17(20)28)32-27-33-24-16(7-10-30-24)25(34-27)31-18-8-12-40-23(18)26(38)29-3/h7-8,10,12-14H,9,11,15H2,1-6H3,(H,29,38)(H3,30,31,32,33,34). The number of rotatable bonds is 8. The van der Waals surface area contributed by atoms with Gasteiger partial charge in [-0.1, -0.05) is 13.8 Å². The highest BCUT2D eigenvalue weighted by Gasteiger charge is 2.35. The number of hydrogen-bond donors (Lipinski definition) is 4. The SMILES string of the molecule is CNC(=O)c1sccc1Nc1nc(Nc2cc3c(cc2OC)C(C)(C)CCN3C(=O)CN(C)C)nc2[nH]ccc12. The zero-order valence-electron chi connectivity index (χ0n) is 23.5. The van der Waals surface area contributed by atoms with Crippen LogP contribution in [0.15, 0.2) is 35.8 Å². The number of nitrogens with one attached hydrogen (secondary N) is 4. The van der Waals surface area contributed by atoms with Gasteiger partial charge in [-0.05, 0) is 61.1 Å². The number of carbonyl (C=O) groups excluding carboxylic acids is 2. The Bertz CT molecular complexity index is 1580. The number of fused-ring (bicyclic) bond motifs is 2. The summed E-state index contributed by atoms with van der Waals surface area (Å²) in [6, 6.07) is 7.67. The monoisotopic (exact) mass is 562 g/mol. The van der Waals surface area contributed by atoms with Crippen LogP contribution in [0.3, 0.4) is 0 Å². The number of amides is 2. The molecule has 0 unspecified atom stereocenters. The summed E-state index contributed by atoms with van der Waals surface area (Å²) in [4.78, 5) is 42.4. The molecule has 2 amide bonds. The van der Waals surface area contributed by atoms with Gasteiger partial charge >= 0.3 is 0 Å². The van der Waals surface area contributed by atoms with Gasteiger partial charge in [-0.3, -0.25) is 9.59 Å². The van der Waals surface area contributed by atoms with E-state index >= 15 is 0 Å². The van der Waals surface area contributed by atoms with E-state index in [-0.39, 0.29) is 17.2 Å². The van der Waals surface area contributed by atoms with Crippen molar-refractivity contribution in [2.45, 2.75) is 25.7 Å². The lowest BCUT2D eigenvalue weighted by molar-refractivity contribution is -0.119. The predicted octanol–water partition coefficient (Wildman–Crippen LogP) is 4.45. The van der Waals surface area contributed by atoms with Crippen LogP contribution in [0.1, 0.15) is 35.5 Å². The van der Waals surface area contributed by atoms with Gasteiger partial charge < -0.3 is 35.5 Å². The van der Waals surface area contributed by atoms with E-state index in [1.165, 1.54) is 11.3 Å². The third-order valence-electron chi connectivity index (χ3n) is 7.06. The summed E-state index contributed by atoms with van der Waals surface area (Å²) in [5, 5.41) is 11.9. The van der Waals surface area contributed by atoms with Gasteiger partial charge in [-0.25, -0.2) is 0 Å². The van der Waals surface area contributed by atoms with Crippen molar-refractivity contribution in [1.82, 2.24) is 25.2 Å². The van der Waals surface area contributed by atoms with E-state index < -0.39 is 0 Å². The summed E-state index contributed by atoms with van der Waals surface area (Å²) in [5.74, 6) is 1.35. The topological polar surface area (TPSA) is 128 Å². The van der Waals surface area contributed by atoms with Crippen LogP contribution in [0.5, 0.6) is 5.75 Å². The first-order chi connectivity index (χ1) is 19.1. The van der Waals surface area contributed by atoms with Gasteiger partial charge in [0.2, 0.25) is 11.9 Å². The minimum Gasteiger partial charge on any atom is -0.495 e. The molecule has 0 saturated heterocycles. The summed E-state index contributed by atoms with van der Waals surface area (Å²) < 4.78 is 5.78. The van der Waals surface area contributed by atoms with E-state index in [4.69, 9.17) is 9.72 Å². The largest absolute Gasteiger partial charge is 0.495 e. The fourth-order valence-electron chi connectivity index (χ4n) is 4.90. The molecule has 0 spiro atoms. The van der Waals surface area contributed by atoms with Crippen LogP contribution in [-0.4, -0.2) is 73.0 Å². The molecule has 11 nitrogen and oxygen atoms in total. The van der Waals surface area contributed by atoms with Crippen LogP contribution in [0, 0.1) is 0 Å². The number of ether oxygens (including phenoxy) is 1. The molecule has 4 N–H and O–H groups in total. The second-order valence-electron chi connectivity index (χ2n) is 10.6. The van der Waals surface area contributed by atoms with Crippen molar-refractivity contribution in [2.24, 2.45) is 0 Å². The molecule has 0 atom stereocenters. The molecule has 0 aliphatic carbocycles. The molecule has 5 rings (SSSR count). The van der Waals surface area contributed by atoms with E-state index in [1.807, 2.05) is 53.5 Å². The number of carbonyl (C=O) groups is 2. The Labute approximate surface area is 236 Å². The first-order valence-electron chi connectivity index (χ1n) is 13.0. The van der Waals surface area contributed by atoms with Gasteiger partial charge in [0.15, 0.2) is 0 Å². The van der Waals surface area contributed by atoms with Crippen molar-refractivity contribution in [3.05, 3.63) is 46.3 Å². The first kappa shape index (κ1) is 27.4. The average Bonchev–Trinajstić information content (AvgIpc) is 3.57. The average molecular weight is 563 g/mol. The third kappa shape index (κ3) is 5.19. The molecule has 1 aliphatic heterocycles. The molecule has 1 aromatic carbocycles. The maximum atomic E-state index is 13.2. The molecular formula is C28H34N8O3S. The third-order valence-corrected chi connectivity index (χ3v) is 7.98. The zero-order valence-corrected chi connectivity index (χ0v) is 24.3. The molecule has 0 bridgehead atoms. The van der Waals surface area contributed by atoms with Crippen LogP contribution in [0.25, 0.3) is 11.0 Å². The lowest BCUT2D eigenvalue weighted by atomic mass is 9.77. The quantitative estimate of drug-likeness (QED) is 0.248. The number of nitrogens with zero attached hydrogens (tertiary/aromatic N) is 4. The molecule has 210 valence electrons.